The van der Waals surface area contributed by atoms with Crippen LogP contribution < -0.4 is 14.4 Å². The van der Waals surface area contributed by atoms with Gasteiger partial charge in [0.2, 0.25) is 0 Å². The number of piperidine rings is 1. The minimum absolute atomic E-state index is 0.202. The molecular weight excluding hydrogens is 398 g/mol. The van der Waals surface area contributed by atoms with Crippen molar-refractivity contribution in [2.45, 2.75) is 36.6 Å². The third-order valence-corrected chi connectivity index (χ3v) is 6.29. The van der Waals surface area contributed by atoms with E-state index in [-0.39, 0.29) is 5.56 Å². The number of fused-ring (bicyclic) bond motifs is 4. The molecule has 6 nitrogen and oxygen atoms in total. The zero-order valence-electron chi connectivity index (χ0n) is 16.5. The van der Waals surface area contributed by atoms with Crippen molar-refractivity contribution in [1.29, 1.82) is 5.26 Å². The first-order valence-electron chi connectivity index (χ1n) is 10.0. The van der Waals surface area contributed by atoms with Crippen LogP contribution in [0.1, 0.15) is 41.6 Å². The molecule has 30 heavy (non-hydrogen) atoms. The molecule has 0 amide bonds. The first kappa shape index (κ1) is 20.2. The number of aromatic carboxylic acids is 1. The zero-order valence-corrected chi connectivity index (χ0v) is 17.3. The molecule has 0 aliphatic carbocycles. The van der Waals surface area contributed by atoms with Crippen molar-refractivity contribution >= 4 is 29.3 Å². The predicted octanol–water partition coefficient (Wildman–Crippen LogP) is 5.07. The molecule has 1 atom stereocenters. The number of carboxylic acid groups (broad SMARTS) is 1. The summed E-state index contributed by atoms with van der Waals surface area (Å²) in [5.41, 5.74) is 2.69. The van der Waals surface area contributed by atoms with Crippen LogP contribution in [0.25, 0.3) is 0 Å². The molecule has 0 aromatic heterocycles. The largest absolute Gasteiger partial charge is 0.488 e. The molecule has 1 unspecified atom stereocenters. The fraction of sp³-hybridized carbons (Fsp3) is 0.304. The van der Waals surface area contributed by atoms with Gasteiger partial charge in [-0.3, -0.25) is 0 Å². The number of hydrogen-bond acceptors (Lipinski definition) is 6. The van der Waals surface area contributed by atoms with Crippen molar-refractivity contribution in [3.63, 3.8) is 0 Å². The average Bonchev–Trinajstić information content (AvgIpc) is 2.78. The number of ether oxygens (including phenoxy) is 1. The topological polar surface area (TPSA) is 85.6 Å². The van der Waals surface area contributed by atoms with Crippen molar-refractivity contribution < 1.29 is 14.6 Å². The Hall–Kier alpha value is -3.11. The first-order valence-corrected chi connectivity index (χ1v) is 10.9. The Kier molecular flexibility index (Phi) is 6.15. The van der Waals surface area contributed by atoms with Crippen LogP contribution in [0.15, 0.2) is 53.4 Å². The Morgan fingerprint density at radius 1 is 1.23 bits per heavy atom. The average molecular weight is 422 g/mol. The number of nitriles is 1. The summed E-state index contributed by atoms with van der Waals surface area (Å²) in [5, 5.41) is 18.7. The molecule has 0 saturated carbocycles. The summed E-state index contributed by atoms with van der Waals surface area (Å²) in [6.45, 7) is 1.40. The molecule has 0 spiro atoms. The second-order valence-corrected chi connectivity index (χ2v) is 8.22. The van der Waals surface area contributed by atoms with Crippen molar-refractivity contribution in [3.8, 4) is 11.8 Å². The summed E-state index contributed by atoms with van der Waals surface area (Å²) in [6.07, 6.45) is 8.59. The van der Waals surface area contributed by atoms with E-state index in [1.165, 1.54) is 18.4 Å². The van der Waals surface area contributed by atoms with E-state index in [0.29, 0.717) is 28.9 Å². The third kappa shape index (κ3) is 4.39. The highest BCUT2D eigenvalue weighted by molar-refractivity contribution is 8.00. The van der Waals surface area contributed by atoms with Crippen LogP contribution in [0, 0.1) is 11.3 Å². The molecule has 2 aliphatic heterocycles. The molecule has 0 radical (unpaired) electrons. The second-order valence-electron chi connectivity index (χ2n) is 7.38. The molecule has 7 heteroatoms. The SMILES string of the molecule is N#Cc1ccc2c(c1)NSc1cc(C(=O)O)ccc1OC/C=C/CC1CCCCN21. The van der Waals surface area contributed by atoms with Gasteiger partial charge in [-0.1, -0.05) is 12.2 Å². The summed E-state index contributed by atoms with van der Waals surface area (Å²) in [4.78, 5) is 14.5. The Bertz CT molecular complexity index is 1020. The standard InChI is InChI=1S/C23H23N3O3S/c24-15-16-7-9-20-19(13-16)25-30-22-14-17(23(27)28)8-10-21(22)29-12-4-2-6-18-5-1-3-11-26(18)20/h2,4,7-10,13-14,18,25H,1,3,5-6,11-12H2,(H,27,28)/b4-2+. The van der Waals surface area contributed by atoms with Gasteiger partial charge in [0.1, 0.15) is 12.4 Å². The Morgan fingerprint density at radius 3 is 2.97 bits per heavy atom. The normalized spacial score (nSPS) is 19.7. The van der Waals surface area contributed by atoms with E-state index in [1.54, 1.807) is 18.2 Å². The molecule has 2 aromatic carbocycles. The van der Waals surface area contributed by atoms with E-state index in [2.05, 4.69) is 21.8 Å². The van der Waals surface area contributed by atoms with Gasteiger partial charge >= 0.3 is 5.97 Å². The summed E-state index contributed by atoms with van der Waals surface area (Å²) < 4.78 is 9.26. The number of nitrogens with zero attached hydrogens (tertiary/aromatic N) is 2. The van der Waals surface area contributed by atoms with Gasteiger partial charge in [-0.05, 0) is 74.0 Å². The monoisotopic (exact) mass is 421 g/mol. The van der Waals surface area contributed by atoms with Gasteiger partial charge in [0.05, 0.1) is 33.5 Å². The highest BCUT2D eigenvalue weighted by Gasteiger charge is 2.24. The van der Waals surface area contributed by atoms with Crippen molar-refractivity contribution in [2.24, 2.45) is 0 Å². The molecule has 1 fully saturated rings. The number of hydrogen-bond donors (Lipinski definition) is 2. The molecule has 2 heterocycles. The van der Waals surface area contributed by atoms with E-state index in [1.807, 2.05) is 24.3 Å². The molecule has 2 aromatic rings. The lowest BCUT2D eigenvalue weighted by Gasteiger charge is -2.38. The Morgan fingerprint density at radius 2 is 2.13 bits per heavy atom. The molecule has 1 saturated heterocycles. The van der Waals surface area contributed by atoms with E-state index < -0.39 is 5.97 Å². The van der Waals surface area contributed by atoms with Crippen molar-refractivity contribution in [2.75, 3.05) is 22.8 Å². The number of benzene rings is 2. The maximum atomic E-state index is 11.4. The number of carbonyl (C=O) groups is 1. The highest BCUT2D eigenvalue weighted by Crippen LogP contribution is 2.38. The summed E-state index contributed by atoms with van der Waals surface area (Å²) in [5.74, 6) is -0.360. The van der Waals surface area contributed by atoms with Gasteiger partial charge in [-0.2, -0.15) is 5.26 Å². The molecule has 4 rings (SSSR count). The number of nitrogens with one attached hydrogen (secondary N) is 1. The van der Waals surface area contributed by atoms with Crippen LogP contribution in [0.4, 0.5) is 11.4 Å². The molecular formula is C23H23N3O3S. The van der Waals surface area contributed by atoms with Crippen LogP contribution in [0.2, 0.25) is 0 Å². The maximum absolute atomic E-state index is 11.4. The van der Waals surface area contributed by atoms with Gasteiger partial charge in [0.25, 0.3) is 0 Å². The van der Waals surface area contributed by atoms with E-state index >= 15 is 0 Å². The van der Waals surface area contributed by atoms with Gasteiger partial charge in [-0.15, -0.1) is 0 Å². The number of rotatable bonds is 1. The van der Waals surface area contributed by atoms with Crippen LogP contribution in [0.3, 0.4) is 0 Å². The smallest absolute Gasteiger partial charge is 0.335 e. The number of carboxylic acids is 1. The van der Waals surface area contributed by atoms with Gasteiger partial charge in [0, 0.05) is 12.6 Å². The fourth-order valence-corrected chi connectivity index (χ4v) is 4.71. The zero-order chi connectivity index (χ0) is 20.9. The first-order chi connectivity index (χ1) is 14.7. The maximum Gasteiger partial charge on any atom is 0.335 e. The van der Waals surface area contributed by atoms with Crippen molar-refractivity contribution in [1.82, 2.24) is 0 Å². The summed E-state index contributed by atoms with van der Waals surface area (Å²) in [6, 6.07) is 13.2. The lowest BCUT2D eigenvalue weighted by Crippen LogP contribution is -2.39. The van der Waals surface area contributed by atoms with Crippen LogP contribution in [-0.2, 0) is 0 Å². The summed E-state index contributed by atoms with van der Waals surface area (Å²) in [7, 11) is 0. The van der Waals surface area contributed by atoms with Gasteiger partial charge < -0.3 is 19.5 Å². The molecule has 154 valence electrons. The lowest BCUT2D eigenvalue weighted by atomic mass is 9.97. The molecule has 0 bridgehead atoms. The minimum Gasteiger partial charge on any atom is -0.488 e. The lowest BCUT2D eigenvalue weighted by molar-refractivity contribution is 0.0696. The summed E-state index contributed by atoms with van der Waals surface area (Å²) >= 11 is 1.30. The molecule has 2 N–H and O–H groups in total. The third-order valence-electron chi connectivity index (χ3n) is 5.43. The predicted molar refractivity (Wildman–Crippen MR) is 118 cm³/mol. The Balaban J connectivity index is 1.75. The van der Waals surface area contributed by atoms with Crippen LogP contribution in [-0.4, -0.2) is 30.3 Å². The van der Waals surface area contributed by atoms with Crippen molar-refractivity contribution in [3.05, 3.63) is 59.7 Å². The quantitative estimate of drug-likeness (QED) is 0.491. The highest BCUT2D eigenvalue weighted by atomic mass is 32.2. The van der Waals surface area contributed by atoms with E-state index in [0.717, 1.165) is 37.2 Å². The fourth-order valence-electron chi connectivity index (χ4n) is 3.91. The molecule has 2 aliphatic rings. The van der Waals surface area contributed by atoms with E-state index in [9.17, 15) is 15.2 Å². The Labute approximate surface area is 180 Å². The number of anilines is 2. The van der Waals surface area contributed by atoms with Crippen LogP contribution in [0.5, 0.6) is 5.75 Å². The van der Waals surface area contributed by atoms with E-state index in [4.69, 9.17) is 4.74 Å². The van der Waals surface area contributed by atoms with Gasteiger partial charge in [0.15, 0.2) is 0 Å². The minimum atomic E-state index is -0.982. The van der Waals surface area contributed by atoms with Crippen LogP contribution >= 0.6 is 11.9 Å². The van der Waals surface area contributed by atoms with Gasteiger partial charge in [-0.25, -0.2) is 4.79 Å². The second kappa shape index (κ2) is 9.14.